The topological polar surface area (TPSA) is 98.1 Å². The molecule has 0 unspecified atom stereocenters. The van der Waals surface area contributed by atoms with Crippen LogP contribution in [-0.4, -0.2) is 69.8 Å². The summed E-state index contributed by atoms with van der Waals surface area (Å²) < 4.78 is 24.5. The first-order valence-electron chi connectivity index (χ1n) is 6.28. The highest BCUT2D eigenvalue weighted by Crippen LogP contribution is 2.19. The third-order valence-electron chi connectivity index (χ3n) is 3.27. The summed E-state index contributed by atoms with van der Waals surface area (Å²) in [6.07, 6.45) is 0.516. The number of hydrogen-bond acceptors (Lipinski definition) is 7. The minimum atomic E-state index is -2.98. The smallest absolute Gasteiger partial charge is 0.233 e. The van der Waals surface area contributed by atoms with Crippen LogP contribution in [0.1, 0.15) is 13.3 Å². The Morgan fingerprint density at radius 3 is 2.90 bits per heavy atom. The van der Waals surface area contributed by atoms with Gasteiger partial charge in [-0.1, -0.05) is 11.8 Å². The second-order valence-electron chi connectivity index (χ2n) is 4.63. The van der Waals surface area contributed by atoms with E-state index in [2.05, 4.69) is 15.5 Å². The van der Waals surface area contributed by atoms with Crippen LogP contribution in [0.5, 0.6) is 0 Å². The molecule has 2 heterocycles. The summed E-state index contributed by atoms with van der Waals surface area (Å²) in [5, 5.41) is 11.8. The van der Waals surface area contributed by atoms with E-state index in [4.69, 9.17) is 0 Å². The molecule has 20 heavy (non-hydrogen) atoms. The number of tetrazole rings is 1. The summed E-state index contributed by atoms with van der Waals surface area (Å²) in [7, 11) is -1.33. The Bertz CT molecular complexity index is 585. The van der Waals surface area contributed by atoms with Crippen molar-refractivity contribution in [3.63, 3.8) is 0 Å². The summed E-state index contributed by atoms with van der Waals surface area (Å²) in [4.78, 5) is 13.6. The molecule has 1 aromatic heterocycles. The van der Waals surface area contributed by atoms with Crippen LogP contribution >= 0.6 is 11.8 Å². The molecule has 0 aliphatic carbocycles. The number of aromatic nitrogens is 4. The average molecular weight is 319 g/mol. The summed E-state index contributed by atoms with van der Waals surface area (Å²) in [5.41, 5.74) is 0. The van der Waals surface area contributed by atoms with Crippen molar-refractivity contribution >= 4 is 27.5 Å². The molecule has 2 rings (SSSR count). The lowest BCUT2D eigenvalue weighted by Gasteiger charge is -2.23. The highest BCUT2D eigenvalue weighted by atomic mass is 32.2. The van der Waals surface area contributed by atoms with Crippen molar-refractivity contribution in [3.8, 4) is 0 Å². The Balaban J connectivity index is 1.89. The number of aryl methyl sites for hydroxylation is 1. The first-order chi connectivity index (χ1) is 9.43. The second-order valence-corrected chi connectivity index (χ2v) is 7.80. The molecule has 0 radical (unpaired) electrons. The third kappa shape index (κ3) is 3.48. The van der Waals surface area contributed by atoms with Crippen LogP contribution in [0.3, 0.4) is 0 Å². The molecule has 1 saturated heterocycles. The van der Waals surface area contributed by atoms with Crippen LogP contribution in [0.2, 0.25) is 0 Å². The normalized spacial score (nSPS) is 21.0. The second kappa shape index (κ2) is 6.08. The summed E-state index contributed by atoms with van der Waals surface area (Å²) in [6.45, 7) is 2.55. The van der Waals surface area contributed by atoms with Crippen LogP contribution in [0.25, 0.3) is 0 Å². The van der Waals surface area contributed by atoms with E-state index in [0.29, 0.717) is 18.1 Å². The maximum Gasteiger partial charge on any atom is 0.233 e. The van der Waals surface area contributed by atoms with Gasteiger partial charge in [-0.15, -0.1) is 5.10 Å². The van der Waals surface area contributed by atoms with E-state index in [0.717, 1.165) is 0 Å². The third-order valence-corrected chi connectivity index (χ3v) is 5.97. The maximum atomic E-state index is 12.1. The molecule has 10 heteroatoms. The van der Waals surface area contributed by atoms with Crippen molar-refractivity contribution in [2.45, 2.75) is 31.1 Å². The van der Waals surface area contributed by atoms with Crippen LogP contribution < -0.4 is 0 Å². The highest BCUT2D eigenvalue weighted by Gasteiger charge is 2.32. The molecule has 1 atom stereocenters. The van der Waals surface area contributed by atoms with E-state index in [1.807, 2.05) is 6.92 Å². The molecule has 1 aliphatic rings. The Morgan fingerprint density at radius 1 is 1.55 bits per heavy atom. The Hall–Kier alpha value is -1.16. The predicted molar refractivity (Wildman–Crippen MR) is 74.0 cm³/mol. The summed E-state index contributed by atoms with van der Waals surface area (Å²) >= 11 is 1.26. The van der Waals surface area contributed by atoms with Gasteiger partial charge >= 0.3 is 0 Å². The molecule has 1 fully saturated rings. The minimum Gasteiger partial charge on any atom is -0.341 e. The van der Waals surface area contributed by atoms with Gasteiger partial charge in [0.15, 0.2) is 9.84 Å². The zero-order valence-electron chi connectivity index (χ0n) is 11.4. The number of sulfone groups is 1. The molecule has 0 saturated carbocycles. The number of carbonyl (C=O) groups is 1. The molecule has 0 aromatic carbocycles. The highest BCUT2D eigenvalue weighted by molar-refractivity contribution is 7.99. The van der Waals surface area contributed by atoms with Crippen molar-refractivity contribution < 1.29 is 13.2 Å². The van der Waals surface area contributed by atoms with Crippen LogP contribution in [-0.2, 0) is 21.2 Å². The number of carbonyl (C=O) groups excluding carboxylic acids is 1. The lowest BCUT2D eigenvalue weighted by atomic mass is 10.2. The first-order valence-corrected chi connectivity index (χ1v) is 9.08. The fourth-order valence-corrected chi connectivity index (χ4v) is 4.65. The van der Waals surface area contributed by atoms with E-state index >= 15 is 0 Å². The standard InChI is InChI=1S/C10H17N5O3S2/c1-3-15-10(11-12-13-15)19-6-9(16)14(2)8-4-5-20(17,18)7-8/h8H,3-7H2,1-2H3/t8-/m0/s1. The zero-order chi connectivity index (χ0) is 14.8. The van der Waals surface area contributed by atoms with Gasteiger partial charge in [0.05, 0.1) is 17.3 Å². The maximum absolute atomic E-state index is 12.1. The quantitative estimate of drug-likeness (QED) is 0.670. The summed E-state index contributed by atoms with van der Waals surface area (Å²) in [6, 6.07) is -0.213. The number of rotatable bonds is 5. The van der Waals surface area contributed by atoms with Gasteiger partial charge in [0.2, 0.25) is 11.1 Å². The lowest BCUT2D eigenvalue weighted by molar-refractivity contribution is -0.128. The number of amides is 1. The SMILES string of the molecule is CCn1nnnc1SCC(=O)N(C)[C@H]1CCS(=O)(=O)C1. The van der Waals surface area contributed by atoms with Gasteiger partial charge in [-0.2, -0.15) is 0 Å². The van der Waals surface area contributed by atoms with E-state index in [-0.39, 0.29) is 29.2 Å². The molecule has 8 nitrogen and oxygen atoms in total. The van der Waals surface area contributed by atoms with Crippen molar-refractivity contribution in [2.75, 3.05) is 24.3 Å². The minimum absolute atomic E-state index is 0.0621. The van der Waals surface area contributed by atoms with Gasteiger partial charge < -0.3 is 4.90 Å². The van der Waals surface area contributed by atoms with Gasteiger partial charge in [0, 0.05) is 19.6 Å². The first kappa shape index (κ1) is 15.2. The van der Waals surface area contributed by atoms with Crippen LogP contribution in [0.4, 0.5) is 0 Å². The number of nitrogens with zero attached hydrogens (tertiary/aromatic N) is 5. The van der Waals surface area contributed by atoms with Crippen molar-refractivity contribution in [1.29, 1.82) is 0 Å². The number of thioether (sulfide) groups is 1. The molecule has 1 aliphatic heterocycles. The molecular formula is C10H17N5O3S2. The molecule has 0 spiro atoms. The van der Waals surface area contributed by atoms with E-state index in [1.54, 1.807) is 11.7 Å². The fourth-order valence-electron chi connectivity index (χ4n) is 2.01. The van der Waals surface area contributed by atoms with Gasteiger partial charge in [0.1, 0.15) is 0 Å². The van der Waals surface area contributed by atoms with Crippen LogP contribution in [0, 0.1) is 0 Å². The number of hydrogen-bond donors (Lipinski definition) is 0. The van der Waals surface area contributed by atoms with Crippen molar-refractivity contribution in [2.24, 2.45) is 0 Å². The Morgan fingerprint density at radius 2 is 2.30 bits per heavy atom. The van der Waals surface area contributed by atoms with E-state index < -0.39 is 9.84 Å². The van der Waals surface area contributed by atoms with E-state index in [9.17, 15) is 13.2 Å². The molecule has 0 bridgehead atoms. The summed E-state index contributed by atoms with van der Waals surface area (Å²) in [5.74, 6) is 0.319. The lowest BCUT2D eigenvalue weighted by Crippen LogP contribution is -2.38. The average Bonchev–Trinajstić information content (AvgIpc) is 3.00. The molecular weight excluding hydrogens is 302 g/mol. The van der Waals surface area contributed by atoms with Crippen molar-refractivity contribution in [3.05, 3.63) is 0 Å². The largest absolute Gasteiger partial charge is 0.341 e. The van der Waals surface area contributed by atoms with Crippen molar-refractivity contribution in [1.82, 2.24) is 25.1 Å². The van der Waals surface area contributed by atoms with Gasteiger partial charge in [-0.3, -0.25) is 4.79 Å². The van der Waals surface area contributed by atoms with Gasteiger partial charge in [-0.25, -0.2) is 13.1 Å². The van der Waals surface area contributed by atoms with E-state index in [1.165, 1.54) is 16.7 Å². The fraction of sp³-hybridized carbons (Fsp3) is 0.800. The molecule has 1 aromatic rings. The molecule has 1 amide bonds. The monoisotopic (exact) mass is 319 g/mol. The molecule has 112 valence electrons. The van der Waals surface area contributed by atoms with Gasteiger partial charge in [-0.05, 0) is 23.8 Å². The van der Waals surface area contributed by atoms with Gasteiger partial charge in [0.25, 0.3) is 0 Å². The zero-order valence-corrected chi connectivity index (χ0v) is 13.0. The Labute approximate surface area is 121 Å². The predicted octanol–water partition coefficient (Wildman–Crippen LogP) is -0.569. The molecule has 0 N–H and O–H groups in total. The van der Waals surface area contributed by atoms with Crippen LogP contribution in [0.15, 0.2) is 5.16 Å². The Kier molecular flexibility index (Phi) is 4.63.